The molecule has 0 radical (unpaired) electrons. The Bertz CT molecular complexity index is 683. The van der Waals surface area contributed by atoms with Crippen molar-refractivity contribution in [2.45, 2.75) is 25.8 Å². The molecule has 0 spiro atoms. The number of hydrogen-bond acceptors (Lipinski definition) is 6. The highest BCUT2D eigenvalue weighted by atomic mass is 35.5. The number of nitrogens with zero attached hydrogens (tertiary/aromatic N) is 4. The molecule has 3 aliphatic heterocycles. The van der Waals surface area contributed by atoms with Crippen LogP contribution < -0.4 is 21.4 Å². The van der Waals surface area contributed by atoms with Gasteiger partial charge in [-0.15, -0.1) is 0 Å². The number of aromatic nitrogens is 1. The maximum absolute atomic E-state index is 5.99. The summed E-state index contributed by atoms with van der Waals surface area (Å²) in [5.41, 5.74) is 3.08. The van der Waals surface area contributed by atoms with Gasteiger partial charge < -0.3 is 11.1 Å². The summed E-state index contributed by atoms with van der Waals surface area (Å²) in [6.45, 7) is 3.35. The molecule has 4 N–H and O–H groups in total. The van der Waals surface area contributed by atoms with Crippen molar-refractivity contribution in [2.75, 3.05) is 16.3 Å². The molecule has 122 valence electrons. The number of pyridine rings is 1. The molecule has 23 heavy (non-hydrogen) atoms. The summed E-state index contributed by atoms with van der Waals surface area (Å²) in [5, 5.41) is 2.48. The lowest BCUT2D eigenvalue weighted by atomic mass is 10.2. The van der Waals surface area contributed by atoms with E-state index in [0.29, 0.717) is 11.2 Å². The van der Waals surface area contributed by atoms with E-state index in [1.54, 1.807) is 0 Å². The number of fused-ring (bicyclic) bond motifs is 1. The fourth-order valence-electron chi connectivity index (χ4n) is 3.13. The van der Waals surface area contributed by atoms with Gasteiger partial charge in [-0.2, -0.15) is 0 Å². The number of halogens is 1. The van der Waals surface area contributed by atoms with Crippen molar-refractivity contribution in [3.05, 3.63) is 53.7 Å². The molecule has 4 heterocycles. The van der Waals surface area contributed by atoms with Crippen molar-refractivity contribution in [3.63, 3.8) is 0 Å². The van der Waals surface area contributed by atoms with E-state index in [1.807, 2.05) is 35.6 Å². The fourth-order valence-corrected chi connectivity index (χ4v) is 3.28. The Morgan fingerprint density at radius 1 is 1.22 bits per heavy atom. The van der Waals surface area contributed by atoms with Gasteiger partial charge in [-0.3, -0.25) is 10.3 Å². The Hall–Kier alpha value is -2.18. The van der Waals surface area contributed by atoms with Gasteiger partial charge in [0.25, 0.3) is 0 Å². The average molecular weight is 333 g/mol. The SMILES string of the molecule is CC1CCCN1c1cccc(N2C=CN3NC(Cl)=CC=C32)n1.N. The largest absolute Gasteiger partial charge is 0.354 e. The maximum atomic E-state index is 5.99. The molecule has 0 bridgehead atoms. The first-order valence-electron chi connectivity index (χ1n) is 7.57. The van der Waals surface area contributed by atoms with Crippen molar-refractivity contribution in [2.24, 2.45) is 0 Å². The van der Waals surface area contributed by atoms with Crippen molar-refractivity contribution in [1.82, 2.24) is 21.6 Å². The average Bonchev–Trinajstić information content (AvgIpc) is 3.13. The molecule has 1 atom stereocenters. The number of hydrogen-bond donors (Lipinski definition) is 2. The fraction of sp³-hybridized carbons (Fsp3) is 0.312. The molecule has 1 saturated heterocycles. The van der Waals surface area contributed by atoms with Crippen LogP contribution in [0, 0.1) is 0 Å². The Labute approximate surface area is 141 Å². The second-order valence-corrected chi connectivity index (χ2v) is 6.14. The molecule has 0 amide bonds. The van der Waals surface area contributed by atoms with E-state index in [4.69, 9.17) is 16.6 Å². The minimum absolute atomic E-state index is 0. The topological polar surface area (TPSA) is 69.6 Å². The van der Waals surface area contributed by atoms with Crippen LogP contribution >= 0.6 is 11.6 Å². The van der Waals surface area contributed by atoms with Crippen LogP contribution in [0.3, 0.4) is 0 Å². The molecule has 1 unspecified atom stereocenters. The van der Waals surface area contributed by atoms with Crippen LogP contribution in [0.5, 0.6) is 0 Å². The zero-order chi connectivity index (χ0) is 15.1. The first-order valence-corrected chi connectivity index (χ1v) is 7.95. The second kappa shape index (κ2) is 6.14. The highest BCUT2D eigenvalue weighted by Crippen LogP contribution is 2.30. The predicted molar refractivity (Wildman–Crippen MR) is 93.9 cm³/mol. The van der Waals surface area contributed by atoms with Gasteiger partial charge in [0, 0.05) is 25.0 Å². The Kier molecular flexibility index (Phi) is 4.19. The Balaban J connectivity index is 0.00000156. The van der Waals surface area contributed by atoms with Crippen molar-refractivity contribution in [1.29, 1.82) is 0 Å². The molecule has 0 aliphatic carbocycles. The van der Waals surface area contributed by atoms with Crippen LogP contribution in [0.2, 0.25) is 0 Å². The van der Waals surface area contributed by atoms with Gasteiger partial charge in [0.1, 0.15) is 22.6 Å². The highest BCUT2D eigenvalue weighted by molar-refractivity contribution is 6.29. The van der Waals surface area contributed by atoms with Crippen LogP contribution in [-0.4, -0.2) is 22.6 Å². The number of allylic oxidation sites excluding steroid dienone is 2. The minimum atomic E-state index is 0. The van der Waals surface area contributed by atoms with Gasteiger partial charge in [-0.1, -0.05) is 17.7 Å². The zero-order valence-electron chi connectivity index (χ0n) is 13.1. The molecule has 1 fully saturated rings. The lowest BCUT2D eigenvalue weighted by Gasteiger charge is -2.28. The molecular formula is C16H21ClN6. The number of nitrogens with one attached hydrogen (secondary N) is 1. The van der Waals surface area contributed by atoms with Crippen molar-refractivity contribution in [3.8, 4) is 0 Å². The van der Waals surface area contributed by atoms with Crippen LogP contribution in [-0.2, 0) is 0 Å². The zero-order valence-corrected chi connectivity index (χ0v) is 13.9. The maximum Gasteiger partial charge on any atom is 0.140 e. The summed E-state index contributed by atoms with van der Waals surface area (Å²) in [6.07, 6.45) is 10.2. The summed E-state index contributed by atoms with van der Waals surface area (Å²) >= 11 is 5.99. The van der Waals surface area contributed by atoms with Gasteiger partial charge in [0.2, 0.25) is 0 Å². The molecule has 3 aliphatic rings. The van der Waals surface area contributed by atoms with Crippen molar-refractivity contribution >= 4 is 23.2 Å². The summed E-state index contributed by atoms with van der Waals surface area (Å²) in [4.78, 5) is 9.28. The third-order valence-corrected chi connectivity index (χ3v) is 4.49. The van der Waals surface area contributed by atoms with Gasteiger partial charge >= 0.3 is 0 Å². The van der Waals surface area contributed by atoms with Crippen LogP contribution in [0.15, 0.2) is 53.7 Å². The molecule has 4 rings (SSSR count). The predicted octanol–water partition coefficient (Wildman–Crippen LogP) is 3.27. The molecule has 1 aromatic heterocycles. The van der Waals surface area contributed by atoms with Crippen LogP contribution in [0.25, 0.3) is 0 Å². The summed E-state index contributed by atoms with van der Waals surface area (Å²) in [6, 6.07) is 6.75. The van der Waals surface area contributed by atoms with Gasteiger partial charge in [-0.05, 0) is 44.1 Å². The smallest absolute Gasteiger partial charge is 0.140 e. The second-order valence-electron chi connectivity index (χ2n) is 5.73. The summed E-state index contributed by atoms with van der Waals surface area (Å²) in [5.74, 6) is 2.95. The van der Waals surface area contributed by atoms with E-state index in [0.717, 1.165) is 24.0 Å². The normalized spacial score (nSPS) is 22.3. The number of hydrazine groups is 1. The molecule has 0 aromatic carbocycles. The molecule has 6 nitrogen and oxygen atoms in total. The summed E-state index contributed by atoms with van der Waals surface area (Å²) < 4.78 is 0. The van der Waals surface area contributed by atoms with Crippen LogP contribution in [0.4, 0.5) is 11.6 Å². The van der Waals surface area contributed by atoms with E-state index in [-0.39, 0.29) is 6.15 Å². The minimum Gasteiger partial charge on any atom is -0.354 e. The number of anilines is 2. The quantitative estimate of drug-likeness (QED) is 0.810. The highest BCUT2D eigenvalue weighted by Gasteiger charge is 2.26. The van der Waals surface area contributed by atoms with Crippen molar-refractivity contribution < 1.29 is 0 Å². The lowest BCUT2D eigenvalue weighted by Crippen LogP contribution is -2.35. The van der Waals surface area contributed by atoms with E-state index in [9.17, 15) is 0 Å². The first-order chi connectivity index (χ1) is 10.7. The number of rotatable bonds is 2. The van der Waals surface area contributed by atoms with Gasteiger partial charge in [-0.25, -0.2) is 9.99 Å². The Morgan fingerprint density at radius 3 is 2.83 bits per heavy atom. The van der Waals surface area contributed by atoms with Gasteiger partial charge in [0.15, 0.2) is 0 Å². The van der Waals surface area contributed by atoms with E-state index in [1.165, 1.54) is 12.8 Å². The van der Waals surface area contributed by atoms with E-state index >= 15 is 0 Å². The lowest BCUT2D eigenvalue weighted by molar-refractivity contribution is 0.395. The first kappa shape index (κ1) is 15.7. The van der Waals surface area contributed by atoms with E-state index < -0.39 is 0 Å². The summed E-state index contributed by atoms with van der Waals surface area (Å²) in [7, 11) is 0. The standard InChI is InChI=1S/C16H18ClN5.H3N/c1-12-4-3-9-20(12)14-5-2-6-15(18-14)21-10-11-22-16(21)8-7-13(17)19-22;/h2,5-8,10-12,19H,3-4,9H2,1H3;1H3. The Morgan fingerprint density at radius 2 is 2.04 bits per heavy atom. The van der Waals surface area contributed by atoms with Gasteiger partial charge in [0.05, 0.1) is 0 Å². The molecule has 1 aromatic rings. The molecular weight excluding hydrogens is 312 g/mol. The van der Waals surface area contributed by atoms with E-state index in [2.05, 4.69) is 34.3 Å². The third-order valence-electron chi connectivity index (χ3n) is 4.28. The third kappa shape index (κ3) is 2.75. The molecule has 7 heteroatoms. The van der Waals surface area contributed by atoms with Crippen LogP contribution in [0.1, 0.15) is 19.8 Å². The molecule has 0 saturated carbocycles. The monoisotopic (exact) mass is 332 g/mol.